The van der Waals surface area contributed by atoms with Crippen LogP contribution in [0.2, 0.25) is 0 Å². The molecule has 2 aromatic heterocycles. The highest BCUT2D eigenvalue weighted by atomic mass is 32.2. The molecule has 2 heterocycles. The van der Waals surface area contributed by atoms with E-state index in [-0.39, 0.29) is 6.61 Å². The largest absolute Gasteiger partial charge is 0.590 e. The molecule has 0 aliphatic rings. The number of nitrogens with zero attached hydrogens (tertiary/aromatic N) is 1. The van der Waals surface area contributed by atoms with Crippen molar-refractivity contribution >= 4 is 16.7 Å². The van der Waals surface area contributed by atoms with Crippen molar-refractivity contribution in [2.45, 2.75) is 39.2 Å². The van der Waals surface area contributed by atoms with Crippen molar-refractivity contribution < 1.29 is 28.0 Å². The second kappa shape index (κ2) is 13.1. The lowest BCUT2D eigenvalue weighted by Crippen LogP contribution is -2.45. The lowest BCUT2D eigenvalue weighted by atomic mass is 9.96. The van der Waals surface area contributed by atoms with Crippen LogP contribution in [0.25, 0.3) is 21.9 Å². The molecule has 2 atom stereocenters. The van der Waals surface area contributed by atoms with E-state index >= 15 is 0 Å². The van der Waals surface area contributed by atoms with Crippen LogP contribution in [0, 0.1) is 6.92 Å². The number of rotatable bonds is 12. The summed E-state index contributed by atoms with van der Waals surface area (Å²) >= 11 is 0. The smallest absolute Gasteiger partial charge is 0.350 e. The lowest BCUT2D eigenvalue weighted by Gasteiger charge is -2.28. The molecule has 0 bridgehead atoms. The summed E-state index contributed by atoms with van der Waals surface area (Å²) in [6.07, 6.45) is 0.911. The molecule has 0 aliphatic heterocycles. The van der Waals surface area contributed by atoms with Gasteiger partial charge in [0.15, 0.2) is 4.88 Å². The molecular formula is C34H33NO6S. The van der Waals surface area contributed by atoms with Crippen molar-refractivity contribution in [3.63, 3.8) is 0 Å². The maximum atomic E-state index is 12.8. The van der Waals surface area contributed by atoms with E-state index in [1.807, 2.05) is 91.9 Å². The molecule has 0 spiro atoms. The molecule has 0 radical (unpaired) electrons. The number of aromatic nitrogens is 1. The standard InChI is InChI=1S/C34H33NO6S/c1-4-38-33(36)34(3,41-29-12-6-5-7-13-29)23-25-15-17-28(18-16-25)39-20-19-30-24(2)40-32(35-30)27-11-8-10-26(22-27)31-14-9-21-42(31)37/h5-18,21-22H,4,19-20,23H2,1-3H3. The number of ether oxygens (including phenoxy) is 3. The number of carbonyl (C=O) groups is 1. The van der Waals surface area contributed by atoms with E-state index in [0.717, 1.165) is 33.0 Å². The molecule has 3 aromatic carbocycles. The fourth-order valence-corrected chi connectivity index (χ4v) is 5.62. The second-order valence-electron chi connectivity index (χ2n) is 10.0. The second-order valence-corrected chi connectivity index (χ2v) is 11.4. The number of benzene rings is 3. The quantitative estimate of drug-likeness (QED) is 0.110. The van der Waals surface area contributed by atoms with Gasteiger partial charge in [-0.15, -0.1) is 0 Å². The van der Waals surface area contributed by atoms with Crippen LogP contribution in [-0.2, 0) is 22.4 Å². The predicted molar refractivity (Wildman–Crippen MR) is 162 cm³/mol. The van der Waals surface area contributed by atoms with Gasteiger partial charge in [-0.25, -0.2) is 9.78 Å². The summed E-state index contributed by atoms with van der Waals surface area (Å²) in [5, 5.41) is 1.67. The van der Waals surface area contributed by atoms with Gasteiger partial charge in [0.05, 0.1) is 18.9 Å². The maximum absolute atomic E-state index is 12.8. The Hall–Kier alpha value is -4.40. The third kappa shape index (κ3) is 6.90. The predicted octanol–water partition coefficient (Wildman–Crippen LogP) is 7.61. The Bertz CT molecular complexity index is 1630. The highest BCUT2D eigenvalue weighted by Crippen LogP contribution is 2.34. The number of esters is 1. The Morgan fingerprint density at radius 1 is 0.952 bits per heavy atom. The molecule has 0 fully saturated rings. The van der Waals surface area contributed by atoms with Gasteiger partial charge in [0.2, 0.25) is 11.5 Å². The average Bonchev–Trinajstić information content (AvgIpc) is 3.59. The van der Waals surface area contributed by atoms with Crippen LogP contribution >= 0.6 is 10.8 Å². The number of hydrogen-bond acceptors (Lipinski definition) is 7. The van der Waals surface area contributed by atoms with Crippen LogP contribution in [0.5, 0.6) is 11.5 Å². The molecule has 5 aromatic rings. The number of hydrogen-bond donors (Lipinski definition) is 0. The van der Waals surface area contributed by atoms with Gasteiger partial charge in [-0.1, -0.05) is 36.4 Å². The highest BCUT2D eigenvalue weighted by molar-refractivity contribution is 7.26. The molecule has 5 rings (SSSR count). The minimum Gasteiger partial charge on any atom is -0.590 e. The van der Waals surface area contributed by atoms with Crippen LogP contribution in [-0.4, -0.2) is 34.3 Å². The van der Waals surface area contributed by atoms with E-state index in [0.29, 0.717) is 36.8 Å². The molecule has 0 aliphatic carbocycles. The third-order valence-electron chi connectivity index (χ3n) is 6.82. The summed E-state index contributed by atoms with van der Waals surface area (Å²) in [6.45, 7) is 6.11. The van der Waals surface area contributed by atoms with Gasteiger partial charge in [-0.2, -0.15) is 0 Å². The average molecular weight is 584 g/mol. The minimum absolute atomic E-state index is 0.274. The summed E-state index contributed by atoms with van der Waals surface area (Å²) in [5.74, 6) is 2.16. The fraction of sp³-hybridized carbons (Fsp3) is 0.235. The van der Waals surface area contributed by atoms with Gasteiger partial charge in [0.25, 0.3) is 0 Å². The Balaban J connectivity index is 1.20. The van der Waals surface area contributed by atoms with Crippen molar-refractivity contribution in [3.8, 4) is 33.4 Å². The van der Waals surface area contributed by atoms with Gasteiger partial charge in [0, 0.05) is 30.0 Å². The first-order chi connectivity index (χ1) is 20.3. The number of thiophene rings is 1. The van der Waals surface area contributed by atoms with Crippen LogP contribution in [0.4, 0.5) is 0 Å². The number of aryl methyl sites for hydroxylation is 1. The van der Waals surface area contributed by atoms with Crippen LogP contribution in [0.1, 0.15) is 30.9 Å². The molecular weight excluding hydrogens is 550 g/mol. The molecule has 0 saturated carbocycles. The number of para-hydroxylation sites is 1. The van der Waals surface area contributed by atoms with Gasteiger partial charge >= 0.3 is 5.97 Å². The monoisotopic (exact) mass is 583 g/mol. The molecule has 216 valence electrons. The first kappa shape index (κ1) is 29.1. The fourth-order valence-electron chi connectivity index (χ4n) is 4.68. The zero-order valence-corrected chi connectivity index (χ0v) is 24.7. The van der Waals surface area contributed by atoms with E-state index in [1.54, 1.807) is 25.3 Å². The van der Waals surface area contributed by atoms with Gasteiger partial charge in [0.1, 0.15) is 22.6 Å². The van der Waals surface area contributed by atoms with Crippen molar-refractivity contribution in [1.82, 2.24) is 4.98 Å². The van der Waals surface area contributed by atoms with Crippen LogP contribution in [0.3, 0.4) is 0 Å². The first-order valence-corrected chi connectivity index (χ1v) is 15.0. The van der Waals surface area contributed by atoms with Crippen molar-refractivity contribution in [2.24, 2.45) is 0 Å². The van der Waals surface area contributed by atoms with Gasteiger partial charge < -0.3 is 23.2 Å². The van der Waals surface area contributed by atoms with Crippen LogP contribution < -0.4 is 9.47 Å². The number of carbonyl (C=O) groups excluding carboxylic acids is 1. The molecule has 2 unspecified atom stereocenters. The zero-order valence-electron chi connectivity index (χ0n) is 23.9. The number of oxazole rings is 1. The van der Waals surface area contributed by atoms with E-state index in [1.165, 1.54) is 0 Å². The summed E-state index contributed by atoms with van der Waals surface area (Å²) in [5.41, 5.74) is 2.27. The zero-order chi connectivity index (χ0) is 29.5. The summed E-state index contributed by atoms with van der Waals surface area (Å²) in [4.78, 5) is 18.3. The molecule has 0 N–H and O–H groups in total. The third-order valence-corrected chi connectivity index (χ3v) is 8.03. The molecule has 8 heteroatoms. The normalized spacial score (nSPS) is 12.9. The minimum atomic E-state index is -1.18. The maximum Gasteiger partial charge on any atom is 0.350 e. The first-order valence-electron chi connectivity index (χ1n) is 13.8. The Kier molecular flexibility index (Phi) is 9.05. The molecule has 7 nitrogen and oxygen atoms in total. The summed E-state index contributed by atoms with van der Waals surface area (Å²) in [7, 11) is -1.13. The molecule has 42 heavy (non-hydrogen) atoms. The van der Waals surface area contributed by atoms with Crippen molar-refractivity contribution in [3.05, 3.63) is 113 Å². The SMILES string of the molecule is CCOC(=O)C(C)(Cc1ccc(OCCc2nc(-c3cccc(-c4ccc[s+]4[O-])c3)oc2C)cc1)Oc1ccccc1. The Morgan fingerprint density at radius 3 is 2.43 bits per heavy atom. The van der Waals surface area contributed by atoms with E-state index < -0.39 is 22.3 Å². The van der Waals surface area contributed by atoms with Gasteiger partial charge in [-0.05, 0) is 85.6 Å². The summed E-state index contributed by atoms with van der Waals surface area (Å²) in [6, 6.07) is 28.3. The van der Waals surface area contributed by atoms with Crippen molar-refractivity contribution in [2.75, 3.05) is 13.2 Å². The molecule has 0 amide bonds. The van der Waals surface area contributed by atoms with E-state index in [4.69, 9.17) is 23.6 Å². The molecule has 0 saturated heterocycles. The highest BCUT2D eigenvalue weighted by Gasteiger charge is 2.37. The lowest BCUT2D eigenvalue weighted by molar-refractivity contribution is -0.160. The topological polar surface area (TPSA) is 93.9 Å². The van der Waals surface area contributed by atoms with Crippen LogP contribution in [0.15, 0.2) is 101 Å². The Labute approximate surface area is 248 Å². The van der Waals surface area contributed by atoms with E-state index in [9.17, 15) is 9.35 Å². The van der Waals surface area contributed by atoms with E-state index in [2.05, 4.69) is 0 Å². The Morgan fingerprint density at radius 2 is 1.71 bits per heavy atom. The van der Waals surface area contributed by atoms with Crippen molar-refractivity contribution in [1.29, 1.82) is 0 Å². The summed E-state index contributed by atoms with van der Waals surface area (Å²) < 4.78 is 35.6. The van der Waals surface area contributed by atoms with Gasteiger partial charge in [-0.3, -0.25) is 0 Å².